The third-order valence-electron chi connectivity index (χ3n) is 3.98. The van der Waals surface area contributed by atoms with Crippen molar-refractivity contribution in [1.29, 1.82) is 5.26 Å². The lowest BCUT2D eigenvalue weighted by atomic mass is 10.0. The van der Waals surface area contributed by atoms with Crippen LogP contribution in [-0.4, -0.2) is 12.0 Å². The van der Waals surface area contributed by atoms with E-state index in [1.54, 1.807) is 43.3 Å². The van der Waals surface area contributed by atoms with E-state index in [2.05, 4.69) is 5.32 Å². The van der Waals surface area contributed by atoms with Crippen molar-refractivity contribution in [3.05, 3.63) is 87.9 Å². The fourth-order valence-corrected chi connectivity index (χ4v) is 3.36. The first kappa shape index (κ1) is 18.6. The van der Waals surface area contributed by atoms with E-state index in [1.165, 1.54) is 23.5 Å². The predicted octanol–water partition coefficient (Wildman–Crippen LogP) is 4.43. The first-order valence-corrected chi connectivity index (χ1v) is 9.21. The molecule has 0 aliphatic heterocycles. The molecule has 2 atom stereocenters. The highest BCUT2D eigenvalue weighted by atomic mass is 32.1. The van der Waals surface area contributed by atoms with E-state index < -0.39 is 6.10 Å². The van der Waals surface area contributed by atoms with Crippen LogP contribution in [0.3, 0.4) is 0 Å². The van der Waals surface area contributed by atoms with Gasteiger partial charge < -0.3 is 10.1 Å². The molecule has 2 aromatic carbocycles. The molecule has 0 radical (unpaired) electrons. The van der Waals surface area contributed by atoms with Gasteiger partial charge in [-0.15, -0.1) is 11.3 Å². The Kier molecular flexibility index (Phi) is 5.84. The van der Waals surface area contributed by atoms with Crippen molar-refractivity contribution >= 4 is 17.2 Å². The number of halogens is 1. The fraction of sp³-hybridized carbons (Fsp3) is 0.143. The van der Waals surface area contributed by atoms with Crippen molar-refractivity contribution in [1.82, 2.24) is 5.32 Å². The molecule has 3 rings (SSSR count). The van der Waals surface area contributed by atoms with E-state index in [9.17, 15) is 9.18 Å². The number of benzene rings is 2. The Bertz CT molecular complexity index is 932. The Labute approximate surface area is 160 Å². The van der Waals surface area contributed by atoms with Crippen LogP contribution in [0.4, 0.5) is 4.39 Å². The molecule has 0 aliphatic carbocycles. The minimum absolute atomic E-state index is 0.290. The molecule has 136 valence electrons. The van der Waals surface area contributed by atoms with E-state index in [-0.39, 0.29) is 17.8 Å². The minimum atomic E-state index is -0.735. The number of hydrogen-bond donors (Lipinski definition) is 1. The highest BCUT2D eigenvalue weighted by Crippen LogP contribution is 2.26. The predicted molar refractivity (Wildman–Crippen MR) is 102 cm³/mol. The first-order chi connectivity index (χ1) is 13.1. The van der Waals surface area contributed by atoms with Crippen molar-refractivity contribution < 1.29 is 13.9 Å². The number of nitriles is 1. The molecule has 0 bridgehead atoms. The Hall–Kier alpha value is -3.17. The third kappa shape index (κ3) is 4.72. The summed E-state index contributed by atoms with van der Waals surface area (Å²) >= 11 is 1.51. The first-order valence-electron chi connectivity index (χ1n) is 8.33. The molecule has 0 saturated carbocycles. The number of thiophene rings is 1. The van der Waals surface area contributed by atoms with Crippen LogP contribution >= 0.6 is 11.3 Å². The second-order valence-electron chi connectivity index (χ2n) is 5.90. The molecule has 0 saturated heterocycles. The van der Waals surface area contributed by atoms with Crippen LogP contribution in [0, 0.1) is 17.1 Å². The van der Waals surface area contributed by atoms with Gasteiger partial charge >= 0.3 is 0 Å². The smallest absolute Gasteiger partial charge is 0.261 e. The number of amides is 1. The Balaban J connectivity index is 1.73. The van der Waals surface area contributed by atoms with E-state index in [0.29, 0.717) is 11.3 Å². The lowest BCUT2D eigenvalue weighted by Gasteiger charge is -2.21. The van der Waals surface area contributed by atoms with Crippen molar-refractivity contribution in [3.8, 4) is 11.8 Å². The molecule has 0 aliphatic rings. The van der Waals surface area contributed by atoms with E-state index in [1.807, 2.05) is 23.6 Å². The lowest BCUT2D eigenvalue weighted by molar-refractivity contribution is -0.127. The SMILES string of the molecule is C[C@H](Oc1ccc(C#N)cc1)C(=O)N[C@@H](c1ccc(F)cc1)c1cccs1. The summed E-state index contributed by atoms with van der Waals surface area (Å²) in [5.41, 5.74) is 1.31. The Morgan fingerprint density at radius 1 is 1.15 bits per heavy atom. The quantitative estimate of drug-likeness (QED) is 0.688. The molecule has 6 heteroatoms. The van der Waals surface area contributed by atoms with Gasteiger partial charge in [0.05, 0.1) is 17.7 Å². The number of rotatable bonds is 6. The van der Waals surface area contributed by atoms with Crippen molar-refractivity contribution in [2.75, 3.05) is 0 Å². The zero-order chi connectivity index (χ0) is 19.2. The fourth-order valence-electron chi connectivity index (χ4n) is 2.55. The molecular formula is C21H17FN2O2S. The summed E-state index contributed by atoms with van der Waals surface area (Å²) in [4.78, 5) is 13.6. The van der Waals surface area contributed by atoms with Gasteiger partial charge in [0.15, 0.2) is 6.10 Å². The maximum Gasteiger partial charge on any atom is 0.261 e. The monoisotopic (exact) mass is 380 g/mol. The van der Waals surface area contributed by atoms with Gasteiger partial charge in [0, 0.05) is 4.88 Å². The lowest BCUT2D eigenvalue weighted by Crippen LogP contribution is -2.38. The summed E-state index contributed by atoms with van der Waals surface area (Å²) in [6.07, 6.45) is -0.735. The number of nitrogens with one attached hydrogen (secondary N) is 1. The molecule has 3 aromatic rings. The van der Waals surface area contributed by atoms with Gasteiger partial charge in [-0.1, -0.05) is 18.2 Å². The molecule has 0 unspecified atom stereocenters. The third-order valence-corrected chi connectivity index (χ3v) is 4.92. The van der Waals surface area contributed by atoms with Crippen molar-refractivity contribution in [3.63, 3.8) is 0 Å². The molecule has 0 spiro atoms. The van der Waals surface area contributed by atoms with E-state index >= 15 is 0 Å². The molecule has 0 fully saturated rings. The zero-order valence-electron chi connectivity index (χ0n) is 14.6. The highest BCUT2D eigenvalue weighted by molar-refractivity contribution is 7.10. The van der Waals surface area contributed by atoms with Gasteiger partial charge in [0.2, 0.25) is 0 Å². The number of carbonyl (C=O) groups is 1. The summed E-state index contributed by atoms with van der Waals surface area (Å²) in [6.45, 7) is 1.66. The average Bonchev–Trinajstić information content (AvgIpc) is 3.22. The van der Waals surface area contributed by atoms with E-state index in [0.717, 1.165) is 10.4 Å². The van der Waals surface area contributed by atoms with Gasteiger partial charge in [-0.3, -0.25) is 4.79 Å². The summed E-state index contributed by atoms with van der Waals surface area (Å²) in [7, 11) is 0. The van der Waals surface area contributed by atoms with Crippen LogP contribution in [0.1, 0.15) is 29.0 Å². The van der Waals surface area contributed by atoms with Crippen molar-refractivity contribution in [2.45, 2.75) is 19.1 Å². The molecule has 1 heterocycles. The van der Waals surface area contributed by atoms with Gasteiger partial charge in [-0.2, -0.15) is 5.26 Å². The zero-order valence-corrected chi connectivity index (χ0v) is 15.4. The Morgan fingerprint density at radius 3 is 2.44 bits per heavy atom. The molecule has 1 amide bonds. The number of carbonyl (C=O) groups excluding carboxylic acids is 1. The van der Waals surface area contributed by atoms with Crippen LogP contribution in [0.15, 0.2) is 66.0 Å². The van der Waals surface area contributed by atoms with Crippen LogP contribution in [-0.2, 0) is 4.79 Å². The summed E-state index contributed by atoms with van der Waals surface area (Å²) in [6, 6.07) is 18.1. The standard InChI is InChI=1S/C21H17FN2O2S/c1-14(26-18-10-4-15(13-23)5-11-18)21(25)24-20(19-3-2-12-27-19)16-6-8-17(22)9-7-16/h2-12,14,20H,1H3,(H,24,25)/t14-,20-/m0/s1. The minimum Gasteiger partial charge on any atom is -0.481 e. The number of ether oxygens (including phenoxy) is 1. The molecule has 1 aromatic heterocycles. The maximum atomic E-state index is 13.3. The van der Waals surface area contributed by atoms with Gasteiger partial charge in [-0.05, 0) is 60.3 Å². The van der Waals surface area contributed by atoms with Crippen LogP contribution in [0.5, 0.6) is 5.75 Å². The molecule has 4 nitrogen and oxygen atoms in total. The summed E-state index contributed by atoms with van der Waals surface area (Å²) in [5, 5.41) is 13.7. The number of nitrogens with zero attached hydrogens (tertiary/aromatic N) is 1. The number of hydrogen-bond acceptors (Lipinski definition) is 4. The molecule has 27 heavy (non-hydrogen) atoms. The molecule has 1 N–H and O–H groups in total. The average molecular weight is 380 g/mol. The van der Waals surface area contributed by atoms with Gasteiger partial charge in [0.1, 0.15) is 11.6 Å². The van der Waals surface area contributed by atoms with E-state index in [4.69, 9.17) is 10.00 Å². The molecular weight excluding hydrogens is 363 g/mol. The topological polar surface area (TPSA) is 62.1 Å². The normalized spacial score (nSPS) is 12.6. The van der Waals surface area contributed by atoms with Crippen LogP contribution in [0.2, 0.25) is 0 Å². The second kappa shape index (κ2) is 8.47. The van der Waals surface area contributed by atoms with Crippen molar-refractivity contribution in [2.24, 2.45) is 0 Å². The summed E-state index contributed by atoms with van der Waals surface area (Å²) in [5.74, 6) is -0.110. The van der Waals surface area contributed by atoms with Crippen LogP contribution < -0.4 is 10.1 Å². The van der Waals surface area contributed by atoms with Gasteiger partial charge in [-0.25, -0.2) is 4.39 Å². The Morgan fingerprint density at radius 2 is 1.85 bits per heavy atom. The maximum absolute atomic E-state index is 13.3. The summed E-state index contributed by atoms with van der Waals surface area (Å²) < 4.78 is 18.9. The second-order valence-corrected chi connectivity index (χ2v) is 6.88. The highest BCUT2D eigenvalue weighted by Gasteiger charge is 2.22. The van der Waals surface area contributed by atoms with Gasteiger partial charge in [0.25, 0.3) is 5.91 Å². The largest absolute Gasteiger partial charge is 0.481 e. The van der Waals surface area contributed by atoms with Crippen LogP contribution in [0.25, 0.3) is 0 Å².